The van der Waals surface area contributed by atoms with E-state index < -0.39 is 0 Å². The molecule has 2 heteroatoms. The minimum absolute atomic E-state index is 0.0990. The average molecular weight is 177 g/mol. The lowest BCUT2D eigenvalue weighted by Crippen LogP contribution is -2.31. The molecule has 0 unspecified atom stereocenters. The zero-order valence-electron chi connectivity index (χ0n) is 7.13. The first-order chi connectivity index (χ1) is 5.78. The minimum Gasteiger partial charge on any atom is -0.197 e. The fourth-order valence-corrected chi connectivity index (χ4v) is 2.92. The van der Waals surface area contributed by atoms with Crippen LogP contribution in [0.5, 0.6) is 0 Å². The second-order valence-corrected chi connectivity index (χ2v) is 4.40. The molecule has 0 N–H and O–H groups in total. The lowest BCUT2D eigenvalue weighted by atomic mass is 9.68. The summed E-state index contributed by atoms with van der Waals surface area (Å²) in [5.74, 6) is 0. The number of hydrogen-bond acceptors (Lipinski definition) is 2. The maximum absolute atomic E-state index is 9.09. The average Bonchev–Trinajstić information content (AvgIpc) is 2.36. The zero-order chi connectivity index (χ0) is 8.60. The third kappa shape index (κ3) is 0.899. The Morgan fingerprint density at radius 2 is 2.33 bits per heavy atom. The largest absolute Gasteiger partial charge is 0.197 e. The molecule has 1 nitrogen and oxygen atoms in total. The van der Waals surface area contributed by atoms with Gasteiger partial charge in [0.05, 0.1) is 11.5 Å². The highest BCUT2D eigenvalue weighted by molar-refractivity contribution is 7.10. The molecule has 1 heterocycles. The van der Waals surface area contributed by atoms with E-state index >= 15 is 0 Å². The Morgan fingerprint density at radius 1 is 1.58 bits per heavy atom. The lowest BCUT2D eigenvalue weighted by Gasteiger charge is -2.34. The normalized spacial score (nSPS) is 19.7. The number of nitriles is 1. The van der Waals surface area contributed by atoms with Crippen molar-refractivity contribution in [2.24, 2.45) is 0 Å². The van der Waals surface area contributed by atoms with E-state index in [-0.39, 0.29) is 5.41 Å². The highest BCUT2D eigenvalue weighted by atomic mass is 32.1. The molecule has 0 spiro atoms. The van der Waals surface area contributed by atoms with Crippen molar-refractivity contribution in [3.63, 3.8) is 0 Å². The summed E-state index contributed by atoms with van der Waals surface area (Å²) in [6, 6.07) is 4.58. The molecule has 12 heavy (non-hydrogen) atoms. The first kappa shape index (κ1) is 7.82. The first-order valence-corrected chi connectivity index (χ1v) is 5.12. The summed E-state index contributed by atoms with van der Waals surface area (Å²) in [5.41, 5.74) is 1.19. The Morgan fingerprint density at radius 3 is 2.67 bits per heavy atom. The van der Waals surface area contributed by atoms with Gasteiger partial charge in [0.25, 0.3) is 0 Å². The second kappa shape index (κ2) is 2.60. The van der Waals surface area contributed by atoms with E-state index in [0.29, 0.717) is 0 Å². The van der Waals surface area contributed by atoms with Gasteiger partial charge in [0.2, 0.25) is 0 Å². The van der Waals surface area contributed by atoms with E-state index in [4.69, 9.17) is 5.26 Å². The van der Waals surface area contributed by atoms with E-state index in [2.05, 4.69) is 24.4 Å². The van der Waals surface area contributed by atoms with Crippen LogP contribution in [-0.4, -0.2) is 0 Å². The monoisotopic (exact) mass is 177 g/mol. The van der Waals surface area contributed by atoms with Crippen molar-refractivity contribution < 1.29 is 0 Å². The molecule has 2 rings (SSSR count). The molecule has 0 amide bonds. The quantitative estimate of drug-likeness (QED) is 0.647. The van der Waals surface area contributed by atoms with Crippen molar-refractivity contribution in [3.05, 3.63) is 21.9 Å². The van der Waals surface area contributed by atoms with Gasteiger partial charge in [-0.15, -0.1) is 11.3 Å². The third-order valence-corrected chi connectivity index (χ3v) is 3.94. The molecular formula is C10H11NS. The van der Waals surface area contributed by atoms with E-state index in [1.54, 1.807) is 11.3 Å². The molecule has 1 aliphatic carbocycles. The van der Waals surface area contributed by atoms with Gasteiger partial charge in [0, 0.05) is 4.88 Å². The van der Waals surface area contributed by atoms with Crippen molar-refractivity contribution in [2.75, 3.05) is 0 Å². The van der Waals surface area contributed by atoms with Crippen LogP contribution in [0.1, 0.15) is 29.7 Å². The van der Waals surface area contributed by atoms with Gasteiger partial charge >= 0.3 is 0 Å². The van der Waals surface area contributed by atoms with Crippen LogP contribution in [0.25, 0.3) is 0 Å². The SMILES string of the molecule is Cc1ccsc1C1(C#N)CCC1. The fraction of sp³-hybridized carbons (Fsp3) is 0.500. The molecule has 1 fully saturated rings. The molecule has 0 bridgehead atoms. The van der Waals surface area contributed by atoms with Crippen LogP contribution in [0.4, 0.5) is 0 Å². The number of nitrogens with zero attached hydrogens (tertiary/aromatic N) is 1. The minimum atomic E-state index is -0.0990. The van der Waals surface area contributed by atoms with E-state index in [1.807, 2.05) is 0 Å². The molecule has 62 valence electrons. The van der Waals surface area contributed by atoms with Gasteiger partial charge in [-0.2, -0.15) is 5.26 Å². The molecule has 1 saturated carbocycles. The van der Waals surface area contributed by atoms with Gasteiger partial charge < -0.3 is 0 Å². The zero-order valence-corrected chi connectivity index (χ0v) is 7.95. The summed E-state index contributed by atoms with van der Waals surface area (Å²) < 4.78 is 0. The Labute approximate surface area is 76.6 Å². The molecule has 0 atom stereocenters. The van der Waals surface area contributed by atoms with Gasteiger partial charge in [-0.3, -0.25) is 0 Å². The second-order valence-electron chi connectivity index (χ2n) is 3.48. The molecule has 0 aliphatic heterocycles. The molecular weight excluding hydrogens is 166 g/mol. The molecule has 0 saturated heterocycles. The summed E-state index contributed by atoms with van der Waals surface area (Å²) in [7, 11) is 0. The Hall–Kier alpha value is -0.810. The molecule has 0 radical (unpaired) electrons. The summed E-state index contributed by atoms with van der Waals surface area (Å²) >= 11 is 1.73. The van der Waals surface area contributed by atoms with Crippen LogP contribution in [0.15, 0.2) is 11.4 Å². The molecule has 1 aromatic heterocycles. The van der Waals surface area contributed by atoms with Crippen LogP contribution < -0.4 is 0 Å². The number of rotatable bonds is 1. The van der Waals surface area contributed by atoms with Gasteiger partial charge in [0.1, 0.15) is 0 Å². The summed E-state index contributed by atoms with van der Waals surface area (Å²) in [4.78, 5) is 1.30. The lowest BCUT2D eigenvalue weighted by molar-refractivity contribution is 0.329. The van der Waals surface area contributed by atoms with E-state index in [9.17, 15) is 0 Å². The van der Waals surface area contributed by atoms with Crippen LogP contribution in [0.2, 0.25) is 0 Å². The van der Waals surface area contributed by atoms with Gasteiger partial charge in [0.15, 0.2) is 0 Å². The maximum atomic E-state index is 9.09. The predicted octanol–water partition coefficient (Wildman–Crippen LogP) is 3.00. The topological polar surface area (TPSA) is 23.8 Å². The first-order valence-electron chi connectivity index (χ1n) is 4.24. The molecule has 1 aliphatic rings. The van der Waals surface area contributed by atoms with Crippen molar-refractivity contribution in [3.8, 4) is 6.07 Å². The van der Waals surface area contributed by atoms with Crippen molar-refractivity contribution in [2.45, 2.75) is 31.6 Å². The van der Waals surface area contributed by atoms with Gasteiger partial charge in [-0.1, -0.05) is 0 Å². The van der Waals surface area contributed by atoms with Crippen LogP contribution in [-0.2, 0) is 5.41 Å². The standard InChI is InChI=1S/C10H11NS/c1-8-3-6-12-9(8)10(7-11)4-2-5-10/h3,6H,2,4-5H2,1H3. The molecule has 0 aromatic carbocycles. The third-order valence-electron chi connectivity index (χ3n) is 2.72. The number of hydrogen-bond donors (Lipinski definition) is 0. The highest BCUT2D eigenvalue weighted by Gasteiger charge is 2.40. The Bertz CT molecular complexity index is 328. The van der Waals surface area contributed by atoms with Crippen molar-refractivity contribution in [1.29, 1.82) is 5.26 Å². The Balaban J connectivity index is 2.42. The van der Waals surface area contributed by atoms with Crippen molar-refractivity contribution >= 4 is 11.3 Å². The van der Waals surface area contributed by atoms with Crippen LogP contribution in [0, 0.1) is 18.3 Å². The van der Waals surface area contributed by atoms with E-state index in [0.717, 1.165) is 12.8 Å². The maximum Gasteiger partial charge on any atom is 0.0917 e. The predicted molar refractivity (Wildman–Crippen MR) is 50.2 cm³/mol. The van der Waals surface area contributed by atoms with Crippen LogP contribution >= 0.6 is 11.3 Å². The molecule has 1 aromatic rings. The number of thiophene rings is 1. The summed E-state index contributed by atoms with van der Waals surface area (Å²) in [6.07, 6.45) is 3.33. The summed E-state index contributed by atoms with van der Waals surface area (Å²) in [5, 5.41) is 11.2. The highest BCUT2D eigenvalue weighted by Crippen LogP contribution is 2.46. The fourth-order valence-electron chi connectivity index (χ4n) is 1.78. The van der Waals surface area contributed by atoms with Crippen molar-refractivity contribution in [1.82, 2.24) is 0 Å². The summed E-state index contributed by atoms with van der Waals surface area (Å²) in [6.45, 7) is 2.10. The number of aryl methyl sites for hydroxylation is 1. The van der Waals surface area contributed by atoms with E-state index in [1.165, 1.54) is 16.9 Å². The van der Waals surface area contributed by atoms with Gasteiger partial charge in [-0.05, 0) is 43.2 Å². The van der Waals surface area contributed by atoms with Crippen LogP contribution in [0.3, 0.4) is 0 Å². The van der Waals surface area contributed by atoms with Gasteiger partial charge in [-0.25, -0.2) is 0 Å². The smallest absolute Gasteiger partial charge is 0.0917 e. The Kier molecular flexibility index (Phi) is 1.69.